The van der Waals surface area contributed by atoms with Gasteiger partial charge in [-0.2, -0.15) is 5.10 Å². The lowest BCUT2D eigenvalue weighted by atomic mass is 10.0. The third-order valence-corrected chi connectivity index (χ3v) is 5.97. The van der Waals surface area contributed by atoms with E-state index in [4.69, 9.17) is 0 Å². The summed E-state index contributed by atoms with van der Waals surface area (Å²) in [6.07, 6.45) is 0.824. The van der Waals surface area contributed by atoms with Gasteiger partial charge in [0.15, 0.2) is 5.65 Å². The van der Waals surface area contributed by atoms with Gasteiger partial charge in [0, 0.05) is 53.8 Å². The molecule has 0 atom stereocenters. The number of H-pyrrole nitrogens is 1. The Labute approximate surface area is 185 Å². The minimum atomic E-state index is 0.0750. The topological polar surface area (TPSA) is 82.2 Å². The quantitative estimate of drug-likeness (QED) is 0.506. The zero-order chi connectivity index (χ0) is 22.1. The Morgan fingerprint density at radius 1 is 0.906 bits per heavy atom. The first-order valence-corrected chi connectivity index (χ1v) is 10.6. The SMILES string of the molecule is CN1CCN(C(=O)c2ccc(-c3[nH]nc4nc(-c5ccc(C=O)cc5)ccc34)cc2)CC1. The van der Waals surface area contributed by atoms with Crippen LogP contribution in [-0.2, 0) is 0 Å². The Morgan fingerprint density at radius 2 is 1.59 bits per heavy atom. The van der Waals surface area contributed by atoms with Gasteiger partial charge in [0.25, 0.3) is 5.91 Å². The second-order valence-corrected chi connectivity index (χ2v) is 8.08. The molecule has 3 heterocycles. The molecule has 0 aliphatic carbocycles. The number of aldehydes is 1. The molecule has 0 radical (unpaired) electrons. The Bertz CT molecular complexity index is 1270. The first-order valence-electron chi connectivity index (χ1n) is 10.6. The zero-order valence-electron chi connectivity index (χ0n) is 17.8. The van der Waals surface area contributed by atoms with E-state index in [0.29, 0.717) is 16.8 Å². The minimum Gasteiger partial charge on any atom is -0.336 e. The Balaban J connectivity index is 1.38. The molecular formula is C25H23N5O2. The molecule has 1 saturated heterocycles. The van der Waals surface area contributed by atoms with Crippen LogP contribution in [0.15, 0.2) is 60.7 Å². The van der Waals surface area contributed by atoms with Crippen molar-refractivity contribution in [3.63, 3.8) is 0 Å². The number of carbonyl (C=O) groups excluding carboxylic acids is 2. The van der Waals surface area contributed by atoms with Crippen molar-refractivity contribution in [3.8, 4) is 22.5 Å². The van der Waals surface area contributed by atoms with E-state index in [1.54, 1.807) is 12.1 Å². The monoisotopic (exact) mass is 425 g/mol. The predicted octanol–water partition coefficient (Wildman–Crippen LogP) is 3.49. The number of nitrogens with zero attached hydrogens (tertiary/aromatic N) is 4. The maximum atomic E-state index is 12.8. The summed E-state index contributed by atoms with van der Waals surface area (Å²) < 4.78 is 0. The molecular weight excluding hydrogens is 402 g/mol. The number of amides is 1. The molecule has 160 valence electrons. The third-order valence-electron chi connectivity index (χ3n) is 5.97. The number of fused-ring (bicyclic) bond motifs is 1. The van der Waals surface area contributed by atoms with Crippen LogP contribution in [0.2, 0.25) is 0 Å². The molecule has 5 rings (SSSR count). The van der Waals surface area contributed by atoms with E-state index in [9.17, 15) is 9.59 Å². The highest BCUT2D eigenvalue weighted by Crippen LogP contribution is 2.28. The molecule has 1 N–H and O–H groups in total. The van der Waals surface area contributed by atoms with E-state index in [1.165, 1.54) is 0 Å². The largest absolute Gasteiger partial charge is 0.336 e. The Morgan fingerprint density at radius 3 is 2.28 bits per heavy atom. The van der Waals surface area contributed by atoms with E-state index in [2.05, 4.69) is 27.1 Å². The molecule has 1 aliphatic rings. The number of rotatable bonds is 4. The van der Waals surface area contributed by atoms with Crippen molar-refractivity contribution in [2.45, 2.75) is 0 Å². The van der Waals surface area contributed by atoms with Crippen LogP contribution in [0.5, 0.6) is 0 Å². The molecule has 7 nitrogen and oxygen atoms in total. The van der Waals surface area contributed by atoms with Gasteiger partial charge < -0.3 is 9.80 Å². The number of hydrogen-bond donors (Lipinski definition) is 1. The average Bonchev–Trinajstić information content (AvgIpc) is 3.27. The van der Waals surface area contributed by atoms with Crippen LogP contribution in [0.4, 0.5) is 0 Å². The van der Waals surface area contributed by atoms with Crippen LogP contribution in [0, 0.1) is 0 Å². The highest BCUT2D eigenvalue weighted by Gasteiger charge is 2.20. The second-order valence-electron chi connectivity index (χ2n) is 8.08. The first-order chi connectivity index (χ1) is 15.6. The van der Waals surface area contributed by atoms with Gasteiger partial charge in [-0.25, -0.2) is 4.98 Å². The number of aromatic nitrogens is 3. The summed E-state index contributed by atoms with van der Waals surface area (Å²) in [7, 11) is 2.08. The molecule has 0 unspecified atom stereocenters. The second kappa shape index (κ2) is 8.36. The summed E-state index contributed by atoms with van der Waals surface area (Å²) in [6.45, 7) is 3.32. The lowest BCUT2D eigenvalue weighted by Crippen LogP contribution is -2.47. The molecule has 7 heteroatoms. The summed E-state index contributed by atoms with van der Waals surface area (Å²) in [5, 5.41) is 8.38. The highest BCUT2D eigenvalue weighted by molar-refractivity contribution is 5.96. The molecule has 4 aromatic rings. The molecule has 1 amide bonds. The number of hydrogen-bond acceptors (Lipinski definition) is 5. The van der Waals surface area contributed by atoms with Crippen molar-refractivity contribution in [2.75, 3.05) is 33.2 Å². The van der Waals surface area contributed by atoms with Crippen LogP contribution in [-0.4, -0.2) is 70.4 Å². The van der Waals surface area contributed by atoms with Gasteiger partial charge in [0.05, 0.1) is 11.4 Å². The van der Waals surface area contributed by atoms with Crippen molar-refractivity contribution in [2.24, 2.45) is 0 Å². The molecule has 2 aromatic heterocycles. The normalized spacial score (nSPS) is 14.6. The van der Waals surface area contributed by atoms with Crippen LogP contribution in [0.1, 0.15) is 20.7 Å². The van der Waals surface area contributed by atoms with Gasteiger partial charge in [-0.15, -0.1) is 0 Å². The zero-order valence-corrected chi connectivity index (χ0v) is 17.8. The maximum absolute atomic E-state index is 12.8. The molecule has 2 aromatic carbocycles. The standard InChI is InChI=1S/C25H23N5O2/c1-29-12-14-30(15-13-29)25(32)20-8-6-19(7-9-20)23-21-10-11-22(26-24(21)28-27-23)18-4-2-17(16-31)3-5-18/h2-11,16H,12-15H2,1H3,(H,26,27,28). The fourth-order valence-electron chi connectivity index (χ4n) is 3.98. The lowest BCUT2D eigenvalue weighted by molar-refractivity contribution is 0.0664. The number of carbonyl (C=O) groups is 2. The van der Waals surface area contributed by atoms with Crippen LogP contribution >= 0.6 is 0 Å². The van der Waals surface area contributed by atoms with Crippen LogP contribution < -0.4 is 0 Å². The van der Waals surface area contributed by atoms with E-state index in [-0.39, 0.29) is 5.91 Å². The summed E-state index contributed by atoms with van der Waals surface area (Å²) in [4.78, 5) is 32.5. The molecule has 1 aliphatic heterocycles. The van der Waals surface area contributed by atoms with Crippen molar-refractivity contribution >= 4 is 23.2 Å². The molecule has 1 fully saturated rings. The van der Waals surface area contributed by atoms with Crippen molar-refractivity contribution in [1.29, 1.82) is 0 Å². The highest BCUT2D eigenvalue weighted by atomic mass is 16.2. The number of likely N-dealkylation sites (N-methyl/N-ethyl adjacent to an activating group) is 1. The average molecular weight is 425 g/mol. The van der Waals surface area contributed by atoms with E-state index in [0.717, 1.165) is 60.4 Å². The Kier molecular flexibility index (Phi) is 5.25. The number of aromatic amines is 1. The maximum Gasteiger partial charge on any atom is 0.253 e. The van der Waals surface area contributed by atoms with E-state index >= 15 is 0 Å². The van der Waals surface area contributed by atoms with Gasteiger partial charge in [-0.1, -0.05) is 36.4 Å². The first kappa shape index (κ1) is 20.1. The van der Waals surface area contributed by atoms with Crippen molar-refractivity contribution < 1.29 is 9.59 Å². The van der Waals surface area contributed by atoms with Gasteiger partial charge in [0.1, 0.15) is 6.29 Å². The summed E-state index contributed by atoms with van der Waals surface area (Å²) >= 11 is 0. The van der Waals surface area contributed by atoms with E-state index < -0.39 is 0 Å². The summed E-state index contributed by atoms with van der Waals surface area (Å²) in [5.41, 5.74) is 5.48. The molecule has 0 saturated carbocycles. The minimum absolute atomic E-state index is 0.0750. The smallest absolute Gasteiger partial charge is 0.253 e. The number of benzene rings is 2. The van der Waals surface area contributed by atoms with Gasteiger partial charge in [-0.05, 0) is 31.3 Å². The third kappa shape index (κ3) is 3.78. The van der Waals surface area contributed by atoms with E-state index in [1.807, 2.05) is 53.4 Å². The predicted molar refractivity (Wildman–Crippen MR) is 124 cm³/mol. The molecule has 0 spiro atoms. The molecule has 0 bridgehead atoms. The lowest BCUT2D eigenvalue weighted by Gasteiger charge is -2.32. The fourth-order valence-corrected chi connectivity index (χ4v) is 3.98. The molecule has 32 heavy (non-hydrogen) atoms. The van der Waals surface area contributed by atoms with Gasteiger partial charge >= 0.3 is 0 Å². The Hall–Kier alpha value is -3.84. The fraction of sp³-hybridized carbons (Fsp3) is 0.200. The van der Waals surface area contributed by atoms with Crippen LogP contribution in [0.3, 0.4) is 0 Å². The number of nitrogens with one attached hydrogen (secondary N) is 1. The van der Waals surface area contributed by atoms with Crippen molar-refractivity contribution in [3.05, 3.63) is 71.8 Å². The van der Waals surface area contributed by atoms with Crippen molar-refractivity contribution in [1.82, 2.24) is 25.0 Å². The van der Waals surface area contributed by atoms with Gasteiger partial charge in [0.2, 0.25) is 0 Å². The summed E-state index contributed by atoms with van der Waals surface area (Å²) in [5.74, 6) is 0.0750. The van der Waals surface area contributed by atoms with Gasteiger partial charge in [-0.3, -0.25) is 14.7 Å². The number of pyridine rings is 1. The number of piperazine rings is 1. The summed E-state index contributed by atoms with van der Waals surface area (Å²) in [6, 6.07) is 18.9. The van der Waals surface area contributed by atoms with Crippen LogP contribution in [0.25, 0.3) is 33.5 Å².